The number of likely N-dealkylation sites (N-methyl/N-ethyl adjacent to an activating group) is 1. The molecule has 0 bridgehead atoms. The molecule has 1 aliphatic heterocycles. The van der Waals surface area contributed by atoms with Crippen LogP contribution in [0.2, 0.25) is 5.02 Å². The van der Waals surface area contributed by atoms with E-state index in [1.807, 2.05) is 32.0 Å². The van der Waals surface area contributed by atoms with Crippen LogP contribution in [0.1, 0.15) is 25.1 Å². The van der Waals surface area contributed by atoms with Crippen molar-refractivity contribution in [2.75, 3.05) is 39.0 Å². The van der Waals surface area contributed by atoms with Gasteiger partial charge >= 0.3 is 0 Å². The first-order valence-electron chi connectivity index (χ1n) is 13.2. The van der Waals surface area contributed by atoms with E-state index in [-0.39, 0.29) is 23.7 Å². The number of rotatable bonds is 6. The van der Waals surface area contributed by atoms with Crippen molar-refractivity contribution in [3.8, 4) is 29.0 Å². The van der Waals surface area contributed by atoms with Gasteiger partial charge in [0.2, 0.25) is 0 Å². The van der Waals surface area contributed by atoms with Crippen molar-refractivity contribution in [2.45, 2.75) is 26.0 Å². The summed E-state index contributed by atoms with van der Waals surface area (Å²) in [4.78, 5) is 29.4. The third kappa shape index (κ3) is 6.38. The summed E-state index contributed by atoms with van der Waals surface area (Å²) in [5, 5.41) is 12.7. The number of benzene rings is 2. The van der Waals surface area contributed by atoms with Gasteiger partial charge in [-0.2, -0.15) is 0 Å². The molecule has 0 spiro atoms. The molecule has 3 heterocycles. The Labute approximate surface area is 243 Å². The van der Waals surface area contributed by atoms with Gasteiger partial charge in [-0.05, 0) is 57.3 Å². The third-order valence-electron chi connectivity index (χ3n) is 7.13. The van der Waals surface area contributed by atoms with Crippen molar-refractivity contribution in [3.05, 3.63) is 81.1 Å². The van der Waals surface area contributed by atoms with Crippen LogP contribution >= 0.6 is 11.6 Å². The first-order valence-corrected chi connectivity index (χ1v) is 13.5. The first kappa shape index (κ1) is 28.2. The third-order valence-corrected chi connectivity index (χ3v) is 7.42. The number of hydrogen-bond acceptors (Lipinski definition) is 9. The van der Waals surface area contributed by atoms with Crippen LogP contribution in [-0.2, 0) is 6.61 Å². The quantitative estimate of drug-likeness (QED) is 0.197. The number of fused-ring (bicyclic) bond motifs is 1. The lowest BCUT2D eigenvalue weighted by molar-refractivity contribution is -0.385. The topological polar surface area (TPSA) is 124 Å². The molecule has 41 heavy (non-hydrogen) atoms. The molecule has 0 unspecified atom stereocenters. The van der Waals surface area contributed by atoms with Gasteiger partial charge in [0.1, 0.15) is 23.7 Å². The molecule has 2 N–H and O–H groups in total. The van der Waals surface area contributed by atoms with Crippen LogP contribution in [0.5, 0.6) is 5.75 Å². The van der Waals surface area contributed by atoms with E-state index < -0.39 is 10.5 Å². The minimum absolute atomic E-state index is 0.122. The second-order valence-corrected chi connectivity index (χ2v) is 10.8. The number of halogens is 1. The Hall–Kier alpha value is -4.30. The molecule has 0 atom stereocenters. The van der Waals surface area contributed by atoms with E-state index in [0.29, 0.717) is 33.1 Å². The Morgan fingerprint density at radius 3 is 2.59 bits per heavy atom. The highest BCUT2D eigenvalue weighted by atomic mass is 35.5. The molecule has 0 saturated carbocycles. The molecule has 2 aromatic carbocycles. The second kappa shape index (κ2) is 11.7. The summed E-state index contributed by atoms with van der Waals surface area (Å²) in [5.41, 5.74) is 7.78. The van der Waals surface area contributed by atoms with E-state index in [1.165, 1.54) is 6.07 Å². The van der Waals surface area contributed by atoms with Gasteiger partial charge in [0.25, 0.3) is 5.69 Å². The highest BCUT2D eigenvalue weighted by molar-refractivity contribution is 6.32. The number of nitrogen functional groups attached to an aromatic ring is 1. The maximum absolute atomic E-state index is 12.0. The summed E-state index contributed by atoms with van der Waals surface area (Å²) in [6, 6.07) is 13.8. The van der Waals surface area contributed by atoms with E-state index in [0.717, 1.165) is 31.9 Å². The number of piperazine rings is 1. The summed E-state index contributed by atoms with van der Waals surface area (Å²) in [5.74, 6) is 7.27. The monoisotopic (exact) mass is 571 g/mol. The van der Waals surface area contributed by atoms with Crippen molar-refractivity contribution in [1.82, 2.24) is 24.8 Å². The molecule has 10 nitrogen and oxygen atoms in total. The maximum Gasteiger partial charge on any atom is 0.285 e. The summed E-state index contributed by atoms with van der Waals surface area (Å²) in [6.07, 6.45) is 1.70. The number of pyridine rings is 1. The summed E-state index contributed by atoms with van der Waals surface area (Å²) >= 11 is 6.51. The van der Waals surface area contributed by atoms with Crippen molar-refractivity contribution < 1.29 is 9.66 Å². The van der Waals surface area contributed by atoms with Gasteiger partial charge in [0, 0.05) is 49.4 Å². The minimum Gasteiger partial charge on any atom is -0.486 e. The molecule has 4 aromatic rings. The zero-order chi connectivity index (χ0) is 29.1. The number of hydrogen-bond donors (Lipinski definition) is 1. The van der Waals surface area contributed by atoms with Gasteiger partial charge in [0.05, 0.1) is 26.7 Å². The molecule has 0 aliphatic carbocycles. The number of nitro groups is 1. The van der Waals surface area contributed by atoms with Crippen LogP contribution in [0.3, 0.4) is 0 Å². The Kier molecular flexibility index (Phi) is 8.03. The number of anilines is 1. The largest absolute Gasteiger partial charge is 0.486 e. The lowest BCUT2D eigenvalue weighted by Gasteiger charge is -2.40. The fourth-order valence-electron chi connectivity index (χ4n) is 4.63. The van der Waals surface area contributed by atoms with Crippen LogP contribution in [0.25, 0.3) is 22.3 Å². The standard InChI is InChI=1S/C30H30ClN7O3/c1-30(2,37-14-12-36(3)13-15-37)10-9-20-17-25-23(18-26(20)38(39)40)28(32)35-29(34-25)21-7-8-27(24(31)16-21)41-19-22-6-4-5-11-33-22/h4-8,11,16-18H,12-15,19H2,1-3H3,(H2,32,34,35). The van der Waals surface area contributed by atoms with E-state index in [1.54, 1.807) is 30.5 Å². The van der Waals surface area contributed by atoms with E-state index in [2.05, 4.69) is 43.6 Å². The van der Waals surface area contributed by atoms with Gasteiger partial charge in [-0.3, -0.25) is 20.0 Å². The highest BCUT2D eigenvalue weighted by Gasteiger charge is 2.27. The molecule has 2 aromatic heterocycles. The summed E-state index contributed by atoms with van der Waals surface area (Å²) in [6.45, 7) is 7.98. The van der Waals surface area contributed by atoms with E-state index in [4.69, 9.17) is 22.1 Å². The average molecular weight is 572 g/mol. The number of nitrogens with zero attached hydrogens (tertiary/aromatic N) is 6. The molecular weight excluding hydrogens is 542 g/mol. The maximum atomic E-state index is 12.0. The van der Waals surface area contributed by atoms with Gasteiger partial charge in [0.15, 0.2) is 5.82 Å². The van der Waals surface area contributed by atoms with Crippen LogP contribution < -0.4 is 10.5 Å². The molecule has 1 aliphatic rings. The van der Waals surface area contributed by atoms with Crippen molar-refractivity contribution in [2.24, 2.45) is 0 Å². The Balaban J connectivity index is 1.46. The molecule has 0 amide bonds. The highest BCUT2D eigenvalue weighted by Crippen LogP contribution is 2.33. The zero-order valence-corrected chi connectivity index (χ0v) is 23.9. The molecule has 11 heteroatoms. The minimum atomic E-state index is -0.461. The van der Waals surface area contributed by atoms with Gasteiger partial charge in [-0.1, -0.05) is 29.5 Å². The molecule has 1 saturated heterocycles. The number of nitro benzene ring substituents is 1. The van der Waals surface area contributed by atoms with Crippen molar-refractivity contribution in [1.29, 1.82) is 0 Å². The Morgan fingerprint density at radius 2 is 1.90 bits per heavy atom. The smallest absolute Gasteiger partial charge is 0.285 e. The normalized spacial score (nSPS) is 14.4. The fourth-order valence-corrected chi connectivity index (χ4v) is 4.86. The second-order valence-electron chi connectivity index (χ2n) is 10.4. The van der Waals surface area contributed by atoms with Crippen molar-refractivity contribution >= 4 is 34.0 Å². The Morgan fingerprint density at radius 1 is 1.12 bits per heavy atom. The lowest BCUT2D eigenvalue weighted by Crippen LogP contribution is -2.53. The number of ether oxygens (including phenoxy) is 1. The summed E-state index contributed by atoms with van der Waals surface area (Å²) < 4.78 is 5.82. The molecule has 0 radical (unpaired) electrons. The predicted octanol–water partition coefficient (Wildman–Crippen LogP) is 4.79. The Bertz CT molecular complexity index is 1660. The van der Waals surface area contributed by atoms with Gasteiger partial charge in [-0.25, -0.2) is 9.97 Å². The molecular formula is C30H30ClN7O3. The summed E-state index contributed by atoms with van der Waals surface area (Å²) in [7, 11) is 2.09. The van der Waals surface area contributed by atoms with Crippen LogP contribution in [0.4, 0.5) is 11.5 Å². The van der Waals surface area contributed by atoms with Crippen molar-refractivity contribution in [3.63, 3.8) is 0 Å². The van der Waals surface area contributed by atoms with Crippen LogP contribution in [-0.4, -0.2) is 68.4 Å². The lowest BCUT2D eigenvalue weighted by atomic mass is 10.0. The zero-order valence-electron chi connectivity index (χ0n) is 23.1. The van der Waals surface area contributed by atoms with Crippen LogP contribution in [0, 0.1) is 22.0 Å². The first-order chi connectivity index (χ1) is 19.6. The SMILES string of the molecule is CN1CCN(C(C)(C)C#Cc2cc3nc(-c4ccc(OCc5ccccn5)c(Cl)c4)nc(N)c3cc2[N+](=O)[O-])CC1. The van der Waals surface area contributed by atoms with Gasteiger partial charge in [-0.15, -0.1) is 0 Å². The van der Waals surface area contributed by atoms with E-state index >= 15 is 0 Å². The predicted molar refractivity (Wildman–Crippen MR) is 160 cm³/mol. The molecule has 1 fully saturated rings. The average Bonchev–Trinajstić information content (AvgIpc) is 2.95. The van der Waals surface area contributed by atoms with Crippen LogP contribution in [0.15, 0.2) is 54.7 Å². The number of aromatic nitrogens is 3. The number of nitrogens with two attached hydrogens (primary N) is 1. The molecule has 210 valence electrons. The molecule has 5 rings (SSSR count). The fraction of sp³-hybridized carbons (Fsp3) is 0.300. The van der Waals surface area contributed by atoms with Gasteiger partial charge < -0.3 is 15.4 Å². The van der Waals surface area contributed by atoms with E-state index in [9.17, 15) is 10.1 Å².